The second-order valence-electron chi connectivity index (χ2n) is 3.71. The van der Waals surface area contributed by atoms with Crippen molar-refractivity contribution in [1.82, 2.24) is 5.32 Å². The fourth-order valence-electron chi connectivity index (χ4n) is 1.21. The molecule has 110 valence electrons. The van der Waals surface area contributed by atoms with Crippen molar-refractivity contribution in [2.45, 2.75) is 6.10 Å². The molecule has 1 unspecified atom stereocenters. The standard InChI is InChI=1S/C12H13Cl2NO5/c1-19-12(18)9(16)5-15-11(17)6-20-10-4-7(13)2-3-8(10)14/h2-4,9,16H,5-6H2,1H3,(H,15,17). The van der Waals surface area contributed by atoms with Crippen LogP contribution in [-0.2, 0) is 14.3 Å². The molecule has 2 N–H and O–H groups in total. The third-order valence-corrected chi connectivity index (χ3v) is 2.77. The van der Waals surface area contributed by atoms with Gasteiger partial charge in [0.25, 0.3) is 5.91 Å². The first-order chi connectivity index (χ1) is 9.43. The molecule has 8 heteroatoms. The number of hydrogen-bond acceptors (Lipinski definition) is 5. The molecule has 0 fully saturated rings. The van der Waals surface area contributed by atoms with Crippen LogP contribution in [-0.4, -0.2) is 43.3 Å². The van der Waals surface area contributed by atoms with E-state index in [0.29, 0.717) is 10.0 Å². The molecule has 0 heterocycles. The molecule has 20 heavy (non-hydrogen) atoms. The van der Waals surface area contributed by atoms with E-state index in [9.17, 15) is 14.7 Å². The van der Waals surface area contributed by atoms with Gasteiger partial charge >= 0.3 is 5.97 Å². The van der Waals surface area contributed by atoms with Crippen molar-refractivity contribution < 1.29 is 24.2 Å². The molecule has 1 aromatic carbocycles. The van der Waals surface area contributed by atoms with Crippen LogP contribution in [0.3, 0.4) is 0 Å². The molecule has 0 bridgehead atoms. The Kier molecular flexibility index (Phi) is 6.57. The molecule has 0 aromatic heterocycles. The van der Waals surface area contributed by atoms with E-state index in [1.807, 2.05) is 0 Å². The molecular weight excluding hydrogens is 309 g/mol. The van der Waals surface area contributed by atoms with E-state index in [1.54, 1.807) is 6.07 Å². The Labute approximate surface area is 125 Å². The summed E-state index contributed by atoms with van der Waals surface area (Å²) in [5, 5.41) is 12.3. The van der Waals surface area contributed by atoms with Crippen molar-refractivity contribution in [2.24, 2.45) is 0 Å². The molecular formula is C12H13Cl2NO5. The Balaban J connectivity index is 2.40. The highest BCUT2D eigenvalue weighted by atomic mass is 35.5. The van der Waals surface area contributed by atoms with E-state index < -0.39 is 18.0 Å². The maximum atomic E-state index is 11.5. The molecule has 0 aliphatic heterocycles. The summed E-state index contributed by atoms with van der Waals surface area (Å²) in [5.74, 6) is -1.09. The largest absolute Gasteiger partial charge is 0.482 e. The average Bonchev–Trinajstić information content (AvgIpc) is 2.44. The SMILES string of the molecule is COC(=O)C(O)CNC(=O)COc1cc(Cl)ccc1Cl. The fraction of sp³-hybridized carbons (Fsp3) is 0.333. The van der Waals surface area contributed by atoms with Crippen LogP contribution in [0.2, 0.25) is 10.0 Å². The van der Waals surface area contributed by atoms with E-state index >= 15 is 0 Å². The molecule has 0 aliphatic carbocycles. The van der Waals surface area contributed by atoms with Crippen LogP contribution in [0.1, 0.15) is 0 Å². The molecule has 1 amide bonds. The zero-order valence-electron chi connectivity index (χ0n) is 10.6. The number of ether oxygens (including phenoxy) is 2. The van der Waals surface area contributed by atoms with E-state index in [4.69, 9.17) is 27.9 Å². The van der Waals surface area contributed by atoms with Crippen molar-refractivity contribution in [3.63, 3.8) is 0 Å². The summed E-state index contributed by atoms with van der Waals surface area (Å²) >= 11 is 11.6. The lowest BCUT2D eigenvalue weighted by molar-refractivity contribution is -0.150. The first-order valence-electron chi connectivity index (χ1n) is 5.54. The number of aliphatic hydroxyl groups excluding tert-OH is 1. The van der Waals surface area contributed by atoms with Crippen molar-refractivity contribution >= 4 is 35.1 Å². The smallest absolute Gasteiger partial charge is 0.336 e. The lowest BCUT2D eigenvalue weighted by Crippen LogP contribution is -2.39. The van der Waals surface area contributed by atoms with Gasteiger partial charge in [-0.3, -0.25) is 4.79 Å². The number of methoxy groups -OCH3 is 1. The minimum Gasteiger partial charge on any atom is -0.482 e. The summed E-state index contributed by atoms with van der Waals surface area (Å²) in [5.41, 5.74) is 0. The Morgan fingerprint density at radius 3 is 2.75 bits per heavy atom. The Morgan fingerprint density at radius 2 is 2.10 bits per heavy atom. The molecule has 1 aromatic rings. The van der Waals surface area contributed by atoms with Gasteiger partial charge in [-0.2, -0.15) is 0 Å². The highest BCUT2D eigenvalue weighted by Gasteiger charge is 2.16. The number of nitrogens with one attached hydrogen (secondary N) is 1. The summed E-state index contributed by atoms with van der Waals surface area (Å²) < 4.78 is 9.47. The van der Waals surface area contributed by atoms with Crippen LogP contribution in [0.5, 0.6) is 5.75 Å². The van der Waals surface area contributed by atoms with Gasteiger partial charge in [0.2, 0.25) is 0 Å². The van der Waals surface area contributed by atoms with Gasteiger partial charge in [-0.15, -0.1) is 0 Å². The van der Waals surface area contributed by atoms with Gasteiger partial charge in [-0.05, 0) is 12.1 Å². The van der Waals surface area contributed by atoms with Crippen molar-refractivity contribution in [3.05, 3.63) is 28.2 Å². The second kappa shape index (κ2) is 7.94. The van der Waals surface area contributed by atoms with Crippen LogP contribution in [0.25, 0.3) is 0 Å². The third kappa shape index (κ3) is 5.24. The van der Waals surface area contributed by atoms with Gasteiger partial charge in [0.05, 0.1) is 18.7 Å². The highest BCUT2D eigenvalue weighted by Crippen LogP contribution is 2.27. The number of carbonyl (C=O) groups is 2. The lowest BCUT2D eigenvalue weighted by atomic mass is 10.3. The van der Waals surface area contributed by atoms with Crippen LogP contribution in [0.15, 0.2) is 18.2 Å². The molecule has 0 radical (unpaired) electrons. The Morgan fingerprint density at radius 1 is 1.40 bits per heavy atom. The lowest BCUT2D eigenvalue weighted by Gasteiger charge is -2.11. The summed E-state index contributed by atoms with van der Waals surface area (Å²) in [6.45, 7) is -0.591. The van der Waals surface area contributed by atoms with Crippen LogP contribution < -0.4 is 10.1 Å². The number of halogens is 2. The van der Waals surface area contributed by atoms with E-state index in [0.717, 1.165) is 7.11 Å². The van der Waals surface area contributed by atoms with E-state index in [2.05, 4.69) is 10.1 Å². The van der Waals surface area contributed by atoms with Gasteiger partial charge < -0.3 is 19.9 Å². The van der Waals surface area contributed by atoms with Gasteiger partial charge in [-0.25, -0.2) is 4.79 Å². The van der Waals surface area contributed by atoms with Crippen molar-refractivity contribution in [3.8, 4) is 5.75 Å². The molecule has 1 atom stereocenters. The van der Waals surface area contributed by atoms with Crippen LogP contribution >= 0.6 is 23.2 Å². The second-order valence-corrected chi connectivity index (χ2v) is 4.55. The predicted octanol–water partition coefficient (Wildman–Crippen LogP) is 1.02. The maximum Gasteiger partial charge on any atom is 0.336 e. The Hall–Kier alpha value is -1.50. The number of benzene rings is 1. The maximum absolute atomic E-state index is 11.5. The molecule has 0 spiro atoms. The number of rotatable bonds is 6. The molecule has 0 saturated heterocycles. The van der Waals surface area contributed by atoms with Crippen molar-refractivity contribution in [2.75, 3.05) is 20.3 Å². The van der Waals surface area contributed by atoms with Gasteiger partial charge in [0.15, 0.2) is 12.7 Å². The normalized spacial score (nSPS) is 11.6. The van der Waals surface area contributed by atoms with Crippen LogP contribution in [0.4, 0.5) is 0 Å². The number of carbonyl (C=O) groups excluding carboxylic acids is 2. The zero-order valence-corrected chi connectivity index (χ0v) is 12.1. The first kappa shape index (κ1) is 16.6. The minimum absolute atomic E-state index is 0.266. The van der Waals surface area contributed by atoms with E-state index in [1.165, 1.54) is 12.1 Å². The summed E-state index contributed by atoms with van der Waals surface area (Å²) in [6.07, 6.45) is -1.42. The molecule has 0 aliphatic rings. The summed E-state index contributed by atoms with van der Waals surface area (Å²) in [7, 11) is 1.14. The predicted molar refractivity (Wildman–Crippen MR) is 73.0 cm³/mol. The number of amides is 1. The first-order valence-corrected chi connectivity index (χ1v) is 6.30. The van der Waals surface area contributed by atoms with Crippen molar-refractivity contribution in [1.29, 1.82) is 0 Å². The number of aliphatic hydroxyl groups is 1. The third-order valence-electron chi connectivity index (χ3n) is 2.22. The van der Waals surface area contributed by atoms with Gasteiger partial charge in [0, 0.05) is 11.1 Å². The zero-order chi connectivity index (χ0) is 15.1. The molecule has 6 nitrogen and oxygen atoms in total. The molecule has 0 saturated carbocycles. The Bertz CT molecular complexity index is 495. The topological polar surface area (TPSA) is 84.9 Å². The van der Waals surface area contributed by atoms with Gasteiger partial charge in [0.1, 0.15) is 5.75 Å². The molecule has 1 rings (SSSR count). The quantitative estimate of drug-likeness (QED) is 0.764. The average molecular weight is 322 g/mol. The summed E-state index contributed by atoms with van der Waals surface area (Å²) in [6, 6.07) is 4.60. The van der Waals surface area contributed by atoms with E-state index in [-0.39, 0.29) is 18.9 Å². The highest BCUT2D eigenvalue weighted by molar-refractivity contribution is 6.34. The number of hydrogen-bond donors (Lipinski definition) is 2. The van der Waals surface area contributed by atoms with Crippen LogP contribution in [0, 0.1) is 0 Å². The monoisotopic (exact) mass is 321 g/mol. The minimum atomic E-state index is -1.42. The number of esters is 1. The fourth-order valence-corrected chi connectivity index (χ4v) is 1.55. The summed E-state index contributed by atoms with van der Waals surface area (Å²) in [4.78, 5) is 22.4. The van der Waals surface area contributed by atoms with Gasteiger partial charge in [-0.1, -0.05) is 23.2 Å².